The average Bonchev–Trinajstić information content (AvgIpc) is 3.38. The van der Waals surface area contributed by atoms with Crippen LogP contribution in [0.25, 0.3) is 0 Å². The summed E-state index contributed by atoms with van der Waals surface area (Å²) in [6.07, 6.45) is 4.49. The van der Waals surface area contributed by atoms with Gasteiger partial charge in [-0.15, -0.1) is 11.3 Å². The first-order valence-electron chi connectivity index (χ1n) is 13.1. The number of nitrogens with zero attached hydrogens (tertiary/aromatic N) is 1. The first-order valence-corrected chi connectivity index (χ1v) is 13.9. The second-order valence-corrected chi connectivity index (χ2v) is 10.7. The molecular formula is C29H36N4O3S. The van der Waals surface area contributed by atoms with E-state index < -0.39 is 0 Å². The highest BCUT2D eigenvalue weighted by atomic mass is 32.1. The summed E-state index contributed by atoms with van der Waals surface area (Å²) in [6, 6.07) is 15.3. The van der Waals surface area contributed by atoms with Gasteiger partial charge in [0, 0.05) is 17.1 Å². The zero-order valence-corrected chi connectivity index (χ0v) is 22.6. The van der Waals surface area contributed by atoms with Crippen LogP contribution < -0.4 is 20.7 Å². The number of aromatic nitrogens is 1. The molecule has 0 aliphatic heterocycles. The number of rotatable bonds is 9. The van der Waals surface area contributed by atoms with E-state index in [1.807, 2.05) is 36.4 Å². The topological polar surface area (TPSA) is 92.4 Å². The largest absolute Gasteiger partial charge is 0.486 e. The number of urea groups is 1. The molecule has 3 N–H and O–H groups in total. The van der Waals surface area contributed by atoms with Crippen LogP contribution in [0, 0.1) is 0 Å². The zero-order valence-electron chi connectivity index (χ0n) is 21.8. The number of nitrogens with one attached hydrogen (secondary N) is 3. The summed E-state index contributed by atoms with van der Waals surface area (Å²) in [5.74, 6) is 1.03. The fourth-order valence-corrected chi connectivity index (χ4v) is 5.26. The molecule has 0 radical (unpaired) electrons. The number of carbonyl (C=O) groups excluding carboxylic acids is 2. The van der Waals surface area contributed by atoms with Crippen LogP contribution in [0.4, 0.5) is 10.5 Å². The standard InChI is InChI=1S/C29H36N4O3S/c1-4-20-9-5-6-10-23(20)32-29(35)33-25-12-8-7-11-24(25)31-28(34)26-18-37-27(30-26)17-36-22-15-13-21(14-16-22)19(2)3/h5-6,9-10,13-16,18-19,24-25H,4,7-8,11-12,17H2,1-3H3,(H,31,34)(H2,32,33,35)/t24-,25-/m1/s1. The summed E-state index contributed by atoms with van der Waals surface area (Å²) in [5, 5.41) is 11.6. The van der Waals surface area contributed by atoms with Crippen molar-refractivity contribution in [1.82, 2.24) is 15.6 Å². The molecule has 3 aromatic rings. The van der Waals surface area contributed by atoms with Crippen LogP contribution >= 0.6 is 11.3 Å². The van der Waals surface area contributed by atoms with Gasteiger partial charge in [-0.05, 0) is 54.5 Å². The third-order valence-corrected chi connectivity index (χ3v) is 7.56. The number of hydrogen-bond donors (Lipinski definition) is 3. The zero-order chi connectivity index (χ0) is 26.2. The number of amides is 3. The SMILES string of the molecule is CCc1ccccc1NC(=O)N[C@@H]1CCCC[C@H]1NC(=O)c1csc(COc2ccc(C(C)C)cc2)n1. The minimum atomic E-state index is -0.249. The molecule has 1 saturated carbocycles. The molecule has 37 heavy (non-hydrogen) atoms. The van der Waals surface area contributed by atoms with Gasteiger partial charge in [0.2, 0.25) is 0 Å². The molecular weight excluding hydrogens is 484 g/mol. The Labute approximate surface area is 223 Å². The smallest absolute Gasteiger partial charge is 0.319 e. The highest BCUT2D eigenvalue weighted by molar-refractivity contribution is 7.09. The summed E-state index contributed by atoms with van der Waals surface area (Å²) in [4.78, 5) is 30.2. The molecule has 3 amide bonds. The molecule has 0 bridgehead atoms. The van der Waals surface area contributed by atoms with Crippen LogP contribution in [-0.2, 0) is 13.0 Å². The van der Waals surface area contributed by atoms with Crippen LogP contribution in [-0.4, -0.2) is 29.0 Å². The molecule has 2 atom stereocenters. The maximum absolute atomic E-state index is 13.0. The van der Waals surface area contributed by atoms with E-state index in [0.717, 1.165) is 54.1 Å². The van der Waals surface area contributed by atoms with E-state index in [9.17, 15) is 9.59 Å². The lowest BCUT2D eigenvalue weighted by atomic mass is 9.90. The van der Waals surface area contributed by atoms with Crippen molar-refractivity contribution in [3.05, 3.63) is 75.7 Å². The van der Waals surface area contributed by atoms with Crippen molar-refractivity contribution in [2.24, 2.45) is 0 Å². The first kappa shape index (κ1) is 26.7. The van der Waals surface area contributed by atoms with Crippen LogP contribution in [0.1, 0.15) is 79.0 Å². The normalized spacial score (nSPS) is 17.3. The summed E-state index contributed by atoms with van der Waals surface area (Å²) >= 11 is 1.41. The summed E-state index contributed by atoms with van der Waals surface area (Å²) in [7, 11) is 0. The van der Waals surface area contributed by atoms with E-state index in [-0.39, 0.29) is 24.0 Å². The summed E-state index contributed by atoms with van der Waals surface area (Å²) < 4.78 is 5.86. The Kier molecular flexibility index (Phi) is 9.17. The number of aryl methyl sites for hydroxylation is 1. The minimum Gasteiger partial charge on any atom is -0.486 e. The van der Waals surface area contributed by atoms with Crippen molar-refractivity contribution in [2.75, 3.05) is 5.32 Å². The predicted octanol–water partition coefficient (Wildman–Crippen LogP) is 6.27. The monoisotopic (exact) mass is 520 g/mol. The van der Waals surface area contributed by atoms with Gasteiger partial charge in [-0.2, -0.15) is 0 Å². The third-order valence-electron chi connectivity index (χ3n) is 6.74. The van der Waals surface area contributed by atoms with Crippen molar-refractivity contribution in [3.63, 3.8) is 0 Å². The lowest BCUT2D eigenvalue weighted by Gasteiger charge is -2.32. The predicted molar refractivity (Wildman–Crippen MR) is 148 cm³/mol. The molecule has 1 aliphatic carbocycles. The molecule has 1 aliphatic rings. The number of benzene rings is 2. The quantitative estimate of drug-likeness (QED) is 0.310. The Morgan fingerprint density at radius 2 is 1.73 bits per heavy atom. The van der Waals surface area contributed by atoms with E-state index >= 15 is 0 Å². The molecule has 2 aromatic carbocycles. The molecule has 1 fully saturated rings. The minimum absolute atomic E-state index is 0.137. The lowest BCUT2D eigenvalue weighted by molar-refractivity contribution is 0.0911. The van der Waals surface area contributed by atoms with Crippen molar-refractivity contribution in [3.8, 4) is 5.75 Å². The van der Waals surface area contributed by atoms with Gasteiger partial charge in [-0.3, -0.25) is 4.79 Å². The van der Waals surface area contributed by atoms with Gasteiger partial charge in [0.1, 0.15) is 23.1 Å². The van der Waals surface area contributed by atoms with E-state index in [2.05, 4.69) is 53.8 Å². The Bertz CT molecular complexity index is 1190. The molecule has 4 rings (SSSR count). The highest BCUT2D eigenvalue weighted by Gasteiger charge is 2.29. The average molecular weight is 521 g/mol. The molecule has 1 aromatic heterocycles. The van der Waals surface area contributed by atoms with Crippen LogP contribution in [0.3, 0.4) is 0 Å². The van der Waals surface area contributed by atoms with E-state index in [4.69, 9.17) is 4.74 Å². The van der Waals surface area contributed by atoms with E-state index in [1.165, 1.54) is 16.9 Å². The number of carbonyl (C=O) groups is 2. The van der Waals surface area contributed by atoms with Gasteiger partial charge in [0.15, 0.2) is 0 Å². The van der Waals surface area contributed by atoms with Crippen LogP contribution in [0.2, 0.25) is 0 Å². The van der Waals surface area contributed by atoms with E-state index in [0.29, 0.717) is 18.2 Å². The van der Waals surface area contributed by atoms with E-state index in [1.54, 1.807) is 5.38 Å². The fraction of sp³-hybridized carbons (Fsp3) is 0.414. The maximum Gasteiger partial charge on any atom is 0.319 e. The Balaban J connectivity index is 1.30. The number of anilines is 1. The molecule has 8 heteroatoms. The number of para-hydroxylation sites is 1. The molecule has 0 unspecified atom stereocenters. The van der Waals surface area contributed by atoms with Gasteiger partial charge in [-0.25, -0.2) is 9.78 Å². The molecule has 1 heterocycles. The summed E-state index contributed by atoms with van der Waals surface area (Å²) in [6.45, 7) is 6.69. The van der Waals surface area contributed by atoms with Crippen molar-refractivity contribution in [2.45, 2.75) is 77.5 Å². The third kappa shape index (κ3) is 7.32. The number of hydrogen-bond acceptors (Lipinski definition) is 5. The Morgan fingerprint density at radius 1 is 1.03 bits per heavy atom. The summed E-state index contributed by atoms with van der Waals surface area (Å²) in [5.41, 5.74) is 3.54. The van der Waals surface area contributed by atoms with Gasteiger partial charge < -0.3 is 20.7 Å². The number of thiazole rings is 1. The van der Waals surface area contributed by atoms with Crippen molar-refractivity contribution >= 4 is 29.0 Å². The number of ether oxygens (including phenoxy) is 1. The maximum atomic E-state index is 13.0. The van der Waals surface area contributed by atoms with Crippen LogP contribution in [0.15, 0.2) is 53.9 Å². The van der Waals surface area contributed by atoms with Gasteiger partial charge in [0.25, 0.3) is 5.91 Å². The second-order valence-electron chi connectivity index (χ2n) is 9.72. The first-order chi connectivity index (χ1) is 17.9. The highest BCUT2D eigenvalue weighted by Crippen LogP contribution is 2.22. The molecule has 0 saturated heterocycles. The lowest BCUT2D eigenvalue weighted by Crippen LogP contribution is -2.54. The Morgan fingerprint density at radius 3 is 2.43 bits per heavy atom. The van der Waals surface area contributed by atoms with Gasteiger partial charge >= 0.3 is 6.03 Å². The molecule has 0 spiro atoms. The Hall–Kier alpha value is -3.39. The van der Waals surface area contributed by atoms with Gasteiger partial charge in [0.05, 0.1) is 6.04 Å². The fourth-order valence-electron chi connectivity index (χ4n) is 4.57. The van der Waals surface area contributed by atoms with Crippen molar-refractivity contribution < 1.29 is 14.3 Å². The molecule has 196 valence electrons. The van der Waals surface area contributed by atoms with Gasteiger partial charge in [-0.1, -0.05) is 63.9 Å². The van der Waals surface area contributed by atoms with Crippen molar-refractivity contribution in [1.29, 1.82) is 0 Å². The second kappa shape index (κ2) is 12.7. The van der Waals surface area contributed by atoms with Crippen LogP contribution in [0.5, 0.6) is 5.75 Å². The molecule has 7 nitrogen and oxygen atoms in total.